The number of hydrogen-bond donors (Lipinski definition) is 1. The van der Waals surface area contributed by atoms with Gasteiger partial charge in [-0.15, -0.1) is 11.3 Å². The highest BCUT2D eigenvalue weighted by Crippen LogP contribution is 2.31. The van der Waals surface area contributed by atoms with Gasteiger partial charge in [-0.1, -0.05) is 19.9 Å². The third-order valence-electron chi connectivity index (χ3n) is 4.28. The molecule has 3 nitrogen and oxygen atoms in total. The van der Waals surface area contributed by atoms with Crippen LogP contribution < -0.4 is 5.32 Å². The van der Waals surface area contributed by atoms with Crippen molar-refractivity contribution < 1.29 is 9.53 Å². The first-order valence-corrected chi connectivity index (χ1v) is 8.95. The van der Waals surface area contributed by atoms with Gasteiger partial charge in [0, 0.05) is 17.0 Å². The lowest BCUT2D eigenvalue weighted by Gasteiger charge is -2.32. The highest BCUT2D eigenvalue weighted by molar-refractivity contribution is 7.10. The van der Waals surface area contributed by atoms with E-state index in [9.17, 15) is 4.79 Å². The first-order chi connectivity index (χ1) is 10.1. The Hall–Kier alpha value is -0.870. The van der Waals surface area contributed by atoms with Crippen molar-refractivity contribution in [3.05, 3.63) is 22.4 Å². The molecule has 21 heavy (non-hydrogen) atoms. The van der Waals surface area contributed by atoms with E-state index in [-0.39, 0.29) is 11.9 Å². The fraction of sp³-hybridized carbons (Fsp3) is 0.706. The molecule has 0 spiro atoms. The van der Waals surface area contributed by atoms with E-state index in [2.05, 4.69) is 36.7 Å². The number of rotatable bonds is 6. The number of ether oxygens (including phenoxy) is 1. The molecule has 2 rings (SSSR count). The summed E-state index contributed by atoms with van der Waals surface area (Å²) < 4.78 is 5.14. The van der Waals surface area contributed by atoms with E-state index in [1.807, 2.05) is 18.3 Å². The molecule has 0 saturated heterocycles. The van der Waals surface area contributed by atoms with Gasteiger partial charge < -0.3 is 10.1 Å². The van der Waals surface area contributed by atoms with E-state index < -0.39 is 0 Å². The number of nitrogens with one attached hydrogen (secondary N) is 1. The first-order valence-electron chi connectivity index (χ1n) is 8.07. The van der Waals surface area contributed by atoms with Crippen molar-refractivity contribution in [2.45, 2.75) is 58.5 Å². The molecule has 1 unspecified atom stereocenters. The number of carbonyl (C=O) groups is 1. The zero-order chi connectivity index (χ0) is 15.2. The normalized spacial score (nSPS) is 24.0. The van der Waals surface area contributed by atoms with Crippen LogP contribution in [0, 0.1) is 11.8 Å². The fourth-order valence-electron chi connectivity index (χ4n) is 3.08. The molecule has 1 aromatic heterocycles. The van der Waals surface area contributed by atoms with Gasteiger partial charge in [-0.05, 0) is 50.0 Å². The molecule has 0 radical (unpaired) electrons. The summed E-state index contributed by atoms with van der Waals surface area (Å²) >= 11 is 1.82. The van der Waals surface area contributed by atoms with Crippen LogP contribution in [0.3, 0.4) is 0 Å². The summed E-state index contributed by atoms with van der Waals surface area (Å²) in [5.74, 6) is 0.684. The lowest BCUT2D eigenvalue weighted by Crippen LogP contribution is -2.39. The summed E-state index contributed by atoms with van der Waals surface area (Å²) in [6.07, 6.45) is 4.04. The van der Waals surface area contributed by atoms with Gasteiger partial charge in [-0.2, -0.15) is 0 Å². The second-order valence-electron chi connectivity index (χ2n) is 6.20. The molecule has 0 aromatic carbocycles. The van der Waals surface area contributed by atoms with Crippen LogP contribution in [-0.2, 0) is 9.53 Å². The highest BCUT2D eigenvalue weighted by atomic mass is 32.1. The van der Waals surface area contributed by atoms with Crippen LogP contribution in [0.1, 0.15) is 57.4 Å². The molecule has 1 atom stereocenters. The molecule has 1 heterocycles. The monoisotopic (exact) mass is 309 g/mol. The molecule has 4 heteroatoms. The maximum atomic E-state index is 11.8. The quantitative estimate of drug-likeness (QED) is 0.802. The van der Waals surface area contributed by atoms with Crippen molar-refractivity contribution in [3.63, 3.8) is 0 Å². The highest BCUT2D eigenvalue weighted by Gasteiger charge is 2.29. The second-order valence-corrected chi connectivity index (χ2v) is 7.18. The second kappa shape index (κ2) is 7.95. The Balaban J connectivity index is 1.86. The Bertz CT molecular complexity index is 422. The standard InChI is InChI=1S/C17H27NO2S/c1-4-20-17(19)13-7-9-14(10-8-13)18-16(12(2)3)15-6-5-11-21-15/h5-6,11-14,16,18H,4,7-10H2,1-3H3. The third kappa shape index (κ3) is 4.55. The molecule has 0 bridgehead atoms. The first kappa shape index (κ1) is 16.5. The SMILES string of the molecule is CCOC(=O)C1CCC(NC(c2cccs2)C(C)C)CC1. The van der Waals surface area contributed by atoms with Crippen molar-refractivity contribution in [2.75, 3.05) is 6.61 Å². The van der Waals surface area contributed by atoms with Crippen molar-refractivity contribution in [2.24, 2.45) is 11.8 Å². The lowest BCUT2D eigenvalue weighted by atomic mass is 9.85. The van der Waals surface area contributed by atoms with Gasteiger partial charge in [0.1, 0.15) is 0 Å². The van der Waals surface area contributed by atoms with Gasteiger partial charge in [0.15, 0.2) is 0 Å². The van der Waals surface area contributed by atoms with Crippen LogP contribution >= 0.6 is 11.3 Å². The third-order valence-corrected chi connectivity index (χ3v) is 5.23. The molecule has 1 fully saturated rings. The van der Waals surface area contributed by atoms with Crippen LogP contribution in [0.5, 0.6) is 0 Å². The summed E-state index contributed by atoms with van der Waals surface area (Å²) in [6, 6.07) is 5.28. The van der Waals surface area contributed by atoms with E-state index in [0.717, 1.165) is 25.7 Å². The van der Waals surface area contributed by atoms with Crippen LogP contribution in [-0.4, -0.2) is 18.6 Å². The van der Waals surface area contributed by atoms with E-state index in [1.54, 1.807) is 0 Å². The van der Waals surface area contributed by atoms with Gasteiger partial charge in [-0.25, -0.2) is 0 Å². The van der Waals surface area contributed by atoms with Crippen LogP contribution in [0.25, 0.3) is 0 Å². The Kier molecular flexibility index (Phi) is 6.24. The topological polar surface area (TPSA) is 38.3 Å². The van der Waals surface area contributed by atoms with Gasteiger partial charge in [0.2, 0.25) is 0 Å². The smallest absolute Gasteiger partial charge is 0.308 e. The van der Waals surface area contributed by atoms with E-state index in [4.69, 9.17) is 4.74 Å². The fourth-order valence-corrected chi connectivity index (χ4v) is 4.04. The molecular formula is C17H27NO2S. The largest absolute Gasteiger partial charge is 0.466 e. The maximum absolute atomic E-state index is 11.8. The van der Waals surface area contributed by atoms with Crippen LogP contribution in [0.2, 0.25) is 0 Å². The summed E-state index contributed by atoms with van der Waals surface area (Å²) in [6.45, 7) is 6.90. The molecule has 1 aliphatic carbocycles. The molecule has 0 aliphatic heterocycles. The molecule has 0 amide bonds. The predicted molar refractivity (Wildman–Crippen MR) is 87.4 cm³/mol. The Morgan fingerprint density at radius 2 is 2.10 bits per heavy atom. The predicted octanol–water partition coefficient (Wildman–Crippen LogP) is 4.16. The van der Waals surface area contributed by atoms with E-state index in [1.165, 1.54) is 4.88 Å². The summed E-state index contributed by atoms with van der Waals surface area (Å²) in [5.41, 5.74) is 0. The molecule has 118 valence electrons. The van der Waals surface area contributed by atoms with Gasteiger partial charge in [-0.3, -0.25) is 4.79 Å². The van der Waals surface area contributed by atoms with E-state index in [0.29, 0.717) is 24.6 Å². The number of thiophene rings is 1. The van der Waals surface area contributed by atoms with Crippen molar-refractivity contribution in [1.29, 1.82) is 0 Å². The lowest BCUT2D eigenvalue weighted by molar-refractivity contribution is -0.149. The van der Waals surface area contributed by atoms with Crippen LogP contribution in [0.4, 0.5) is 0 Å². The number of carbonyl (C=O) groups excluding carboxylic acids is 1. The molecule has 1 saturated carbocycles. The van der Waals surface area contributed by atoms with Gasteiger partial charge in [0.25, 0.3) is 0 Å². The zero-order valence-electron chi connectivity index (χ0n) is 13.3. The molecular weight excluding hydrogens is 282 g/mol. The molecule has 1 N–H and O–H groups in total. The Labute approximate surface area is 132 Å². The maximum Gasteiger partial charge on any atom is 0.308 e. The van der Waals surface area contributed by atoms with Crippen LogP contribution in [0.15, 0.2) is 17.5 Å². The van der Waals surface area contributed by atoms with Gasteiger partial charge >= 0.3 is 5.97 Å². The van der Waals surface area contributed by atoms with Crippen molar-refractivity contribution in [3.8, 4) is 0 Å². The van der Waals surface area contributed by atoms with Crippen molar-refractivity contribution >= 4 is 17.3 Å². The number of hydrogen-bond acceptors (Lipinski definition) is 4. The minimum Gasteiger partial charge on any atom is -0.466 e. The minimum absolute atomic E-state index is 0.00498. The summed E-state index contributed by atoms with van der Waals surface area (Å²) in [5, 5.41) is 5.95. The average molecular weight is 309 g/mol. The molecule has 1 aromatic rings. The van der Waals surface area contributed by atoms with E-state index >= 15 is 0 Å². The average Bonchev–Trinajstić information content (AvgIpc) is 2.99. The summed E-state index contributed by atoms with van der Waals surface area (Å²) in [7, 11) is 0. The zero-order valence-corrected chi connectivity index (χ0v) is 14.1. The van der Waals surface area contributed by atoms with Gasteiger partial charge in [0.05, 0.1) is 12.5 Å². The number of esters is 1. The molecule has 1 aliphatic rings. The van der Waals surface area contributed by atoms with Crippen molar-refractivity contribution in [1.82, 2.24) is 5.32 Å². The Morgan fingerprint density at radius 3 is 2.62 bits per heavy atom. The summed E-state index contributed by atoms with van der Waals surface area (Å²) in [4.78, 5) is 13.2. The minimum atomic E-state index is -0.00498. The Morgan fingerprint density at radius 1 is 1.38 bits per heavy atom.